The van der Waals surface area contributed by atoms with Gasteiger partial charge in [0.1, 0.15) is 17.7 Å². The first-order valence-corrected chi connectivity index (χ1v) is 11.4. The SMILES string of the molecule is CCN(CC)C(=O)/C(C#N)=C/c1cc(OC(=O)N[C@@H](Cc2ccc(O)c(O)c2)C(=O)OC)c(O)c([N+](=O)[O-])c1. The van der Waals surface area contributed by atoms with Crippen LogP contribution in [0.2, 0.25) is 0 Å². The number of methoxy groups -OCH3 is 1. The molecule has 0 saturated carbocycles. The van der Waals surface area contributed by atoms with Crippen LogP contribution in [0.15, 0.2) is 35.9 Å². The molecule has 14 heteroatoms. The van der Waals surface area contributed by atoms with Crippen molar-refractivity contribution in [2.24, 2.45) is 0 Å². The summed E-state index contributed by atoms with van der Waals surface area (Å²) in [7, 11) is 1.06. The maximum Gasteiger partial charge on any atom is 0.413 e. The zero-order valence-electron chi connectivity index (χ0n) is 21.2. The number of hydrogen-bond acceptors (Lipinski definition) is 11. The summed E-state index contributed by atoms with van der Waals surface area (Å²) in [6.45, 7) is 4.03. The molecule has 0 aliphatic carbocycles. The van der Waals surface area contributed by atoms with Crippen molar-refractivity contribution in [1.82, 2.24) is 10.2 Å². The molecule has 39 heavy (non-hydrogen) atoms. The van der Waals surface area contributed by atoms with Crippen molar-refractivity contribution in [2.75, 3.05) is 20.2 Å². The fourth-order valence-electron chi connectivity index (χ4n) is 3.44. The van der Waals surface area contributed by atoms with E-state index in [2.05, 4.69) is 10.1 Å². The molecule has 0 heterocycles. The summed E-state index contributed by atoms with van der Waals surface area (Å²) in [6, 6.07) is 5.98. The number of aromatic hydroxyl groups is 3. The molecule has 4 N–H and O–H groups in total. The molecule has 2 amide bonds. The van der Waals surface area contributed by atoms with Crippen molar-refractivity contribution in [3.05, 3.63) is 57.1 Å². The molecule has 0 aliphatic rings. The predicted molar refractivity (Wildman–Crippen MR) is 135 cm³/mol. The fraction of sp³-hybridized carbons (Fsp3) is 0.280. The third-order valence-electron chi connectivity index (χ3n) is 5.45. The summed E-state index contributed by atoms with van der Waals surface area (Å²) in [5.74, 6) is -4.09. The number of amides is 2. The van der Waals surface area contributed by atoms with E-state index in [9.17, 15) is 45.1 Å². The van der Waals surface area contributed by atoms with Gasteiger partial charge in [-0.05, 0) is 49.2 Å². The lowest BCUT2D eigenvalue weighted by Crippen LogP contribution is -2.44. The fourth-order valence-corrected chi connectivity index (χ4v) is 3.44. The van der Waals surface area contributed by atoms with Crippen LogP contribution in [-0.2, 0) is 20.7 Å². The number of benzene rings is 2. The first kappa shape index (κ1) is 29.9. The normalized spacial score (nSPS) is 11.6. The van der Waals surface area contributed by atoms with Crippen molar-refractivity contribution in [3.8, 4) is 29.1 Å². The molecule has 0 saturated heterocycles. The Kier molecular flexibility index (Phi) is 10.2. The van der Waals surface area contributed by atoms with E-state index in [0.29, 0.717) is 18.7 Å². The highest BCUT2D eigenvalue weighted by molar-refractivity contribution is 6.01. The Morgan fingerprint density at radius 2 is 1.82 bits per heavy atom. The van der Waals surface area contributed by atoms with Crippen LogP contribution < -0.4 is 10.1 Å². The van der Waals surface area contributed by atoms with Crippen LogP contribution in [0.3, 0.4) is 0 Å². The van der Waals surface area contributed by atoms with E-state index >= 15 is 0 Å². The number of nitrogens with zero attached hydrogens (tertiary/aromatic N) is 3. The molecule has 0 unspecified atom stereocenters. The summed E-state index contributed by atoms with van der Waals surface area (Å²) < 4.78 is 9.70. The standard InChI is InChI=1S/C25H26N4O10/c1-4-28(5-2)23(33)16(13-26)8-15-10-18(29(36)37)22(32)21(12-15)39-25(35)27-17(24(34)38-3)9-14-6-7-19(30)20(31)11-14/h6-8,10-12,17,30-32H,4-5,9H2,1-3H3,(H,27,35)/b16-8+/t17-/m0/s1. The van der Waals surface area contributed by atoms with Crippen molar-refractivity contribution < 1.29 is 44.1 Å². The van der Waals surface area contributed by atoms with Gasteiger partial charge in [-0.1, -0.05) is 6.07 Å². The van der Waals surface area contributed by atoms with Gasteiger partial charge in [0.15, 0.2) is 17.2 Å². The van der Waals surface area contributed by atoms with Gasteiger partial charge < -0.3 is 35.0 Å². The number of nitro benzene ring substituents is 1. The maximum atomic E-state index is 12.6. The third-order valence-corrected chi connectivity index (χ3v) is 5.45. The van der Waals surface area contributed by atoms with E-state index in [1.807, 2.05) is 0 Å². The van der Waals surface area contributed by atoms with E-state index < -0.39 is 57.6 Å². The molecule has 2 aromatic rings. The van der Waals surface area contributed by atoms with Crippen LogP contribution in [-0.4, -0.2) is 69.4 Å². The largest absolute Gasteiger partial charge is 0.504 e. The molecule has 14 nitrogen and oxygen atoms in total. The molecule has 0 aromatic heterocycles. The molecule has 1 atom stereocenters. The number of nitro groups is 1. The van der Waals surface area contributed by atoms with Gasteiger partial charge in [0, 0.05) is 25.6 Å². The Hall–Kier alpha value is -5.32. The molecule has 0 aliphatic heterocycles. The minimum Gasteiger partial charge on any atom is -0.504 e. The van der Waals surface area contributed by atoms with Crippen molar-refractivity contribution in [2.45, 2.75) is 26.3 Å². The molecular weight excluding hydrogens is 516 g/mol. The summed E-state index contributed by atoms with van der Waals surface area (Å²) in [5.41, 5.74) is -0.989. The van der Waals surface area contributed by atoms with E-state index in [1.165, 1.54) is 17.0 Å². The molecule has 0 fully saturated rings. The van der Waals surface area contributed by atoms with Crippen LogP contribution >= 0.6 is 0 Å². The zero-order valence-corrected chi connectivity index (χ0v) is 21.2. The molecular formula is C25H26N4O10. The monoisotopic (exact) mass is 542 g/mol. The van der Waals surface area contributed by atoms with Crippen LogP contribution in [0.5, 0.6) is 23.0 Å². The Bertz CT molecular complexity index is 1350. The van der Waals surface area contributed by atoms with Crippen LogP contribution in [0.4, 0.5) is 10.5 Å². The number of nitrogens with one attached hydrogen (secondary N) is 1. The topological polar surface area (TPSA) is 213 Å². The van der Waals surface area contributed by atoms with Gasteiger partial charge in [-0.3, -0.25) is 14.9 Å². The van der Waals surface area contributed by atoms with Gasteiger partial charge in [-0.15, -0.1) is 0 Å². The van der Waals surface area contributed by atoms with Gasteiger partial charge in [0.2, 0.25) is 5.75 Å². The lowest BCUT2D eigenvalue weighted by molar-refractivity contribution is -0.385. The number of rotatable bonds is 10. The van der Waals surface area contributed by atoms with Gasteiger partial charge in [0.25, 0.3) is 5.91 Å². The maximum absolute atomic E-state index is 12.6. The molecule has 2 rings (SSSR count). The highest BCUT2D eigenvalue weighted by Crippen LogP contribution is 2.38. The first-order chi connectivity index (χ1) is 18.4. The van der Waals surface area contributed by atoms with Gasteiger partial charge >= 0.3 is 17.7 Å². The minimum absolute atomic E-state index is 0.0940. The summed E-state index contributed by atoms with van der Waals surface area (Å²) in [6.07, 6.45) is -0.463. The van der Waals surface area contributed by atoms with Crippen molar-refractivity contribution in [1.29, 1.82) is 5.26 Å². The quantitative estimate of drug-likeness (QED) is 0.0854. The van der Waals surface area contributed by atoms with Crippen molar-refractivity contribution in [3.63, 3.8) is 0 Å². The number of phenols is 3. The molecule has 2 aromatic carbocycles. The Labute approximate surface area is 222 Å². The third kappa shape index (κ3) is 7.59. The van der Waals surface area contributed by atoms with E-state index in [1.54, 1.807) is 19.9 Å². The summed E-state index contributed by atoms with van der Waals surface area (Å²) in [4.78, 5) is 49.3. The number of hydrogen-bond donors (Lipinski definition) is 4. The van der Waals surface area contributed by atoms with Gasteiger partial charge in [0.05, 0.1) is 12.0 Å². The van der Waals surface area contributed by atoms with Crippen LogP contribution in [0.1, 0.15) is 25.0 Å². The van der Waals surface area contributed by atoms with Crippen molar-refractivity contribution >= 4 is 29.7 Å². The Morgan fingerprint density at radius 3 is 2.36 bits per heavy atom. The number of carbonyl (C=O) groups is 3. The van der Waals surface area contributed by atoms with Gasteiger partial charge in [-0.25, -0.2) is 9.59 Å². The molecule has 206 valence electrons. The predicted octanol–water partition coefficient (Wildman–Crippen LogP) is 2.36. The summed E-state index contributed by atoms with van der Waals surface area (Å²) in [5, 5.41) is 52.6. The number of likely N-dealkylation sites (N-methyl/N-ethyl adjacent to an activating group) is 1. The second-order valence-electron chi connectivity index (χ2n) is 7.93. The average molecular weight is 543 g/mol. The van der Waals surface area contributed by atoms with E-state index in [4.69, 9.17) is 4.74 Å². The number of carbonyl (C=O) groups excluding carboxylic acids is 3. The number of nitriles is 1. The highest BCUT2D eigenvalue weighted by Gasteiger charge is 2.27. The number of phenolic OH excluding ortho intramolecular Hbond substituents is 3. The summed E-state index contributed by atoms with van der Waals surface area (Å²) >= 11 is 0. The highest BCUT2D eigenvalue weighted by atomic mass is 16.6. The van der Waals surface area contributed by atoms with E-state index in [-0.39, 0.29) is 17.6 Å². The van der Waals surface area contributed by atoms with Crippen LogP contribution in [0, 0.1) is 21.4 Å². The van der Waals surface area contributed by atoms with Gasteiger partial charge in [-0.2, -0.15) is 5.26 Å². The smallest absolute Gasteiger partial charge is 0.413 e. The molecule has 0 spiro atoms. The Balaban J connectivity index is 2.39. The minimum atomic E-state index is -1.36. The molecule has 0 bridgehead atoms. The first-order valence-electron chi connectivity index (χ1n) is 11.4. The second kappa shape index (κ2) is 13.3. The average Bonchev–Trinajstić information content (AvgIpc) is 2.90. The lowest BCUT2D eigenvalue weighted by atomic mass is 10.1. The Morgan fingerprint density at radius 1 is 1.15 bits per heavy atom. The van der Waals surface area contributed by atoms with Crippen LogP contribution in [0.25, 0.3) is 6.08 Å². The molecule has 0 radical (unpaired) electrons. The number of esters is 1. The zero-order chi connectivity index (χ0) is 29.3. The lowest BCUT2D eigenvalue weighted by Gasteiger charge is -2.18. The second-order valence-corrected chi connectivity index (χ2v) is 7.93. The van der Waals surface area contributed by atoms with E-state index in [0.717, 1.165) is 31.4 Å². The number of ether oxygens (including phenoxy) is 2.